The average Bonchev–Trinajstić information content (AvgIpc) is 2.79. The van der Waals surface area contributed by atoms with Crippen LogP contribution in [-0.4, -0.2) is 45.1 Å². The molecule has 6 nitrogen and oxygen atoms in total. The highest BCUT2D eigenvalue weighted by atomic mass is 32.2. The average molecular weight is 476 g/mol. The van der Waals surface area contributed by atoms with E-state index in [4.69, 9.17) is 0 Å². The number of aryl methyl sites for hydroxylation is 1. The summed E-state index contributed by atoms with van der Waals surface area (Å²) in [4.78, 5) is 15.6. The lowest BCUT2D eigenvalue weighted by molar-refractivity contribution is -0.115. The monoisotopic (exact) mass is 475 g/mol. The molecule has 1 heterocycles. The minimum absolute atomic E-state index is 0.0959. The summed E-state index contributed by atoms with van der Waals surface area (Å²) in [7, 11) is -3.59. The Morgan fingerprint density at radius 1 is 1.16 bits per heavy atom. The Labute approximate surface area is 196 Å². The van der Waals surface area contributed by atoms with Gasteiger partial charge in [0, 0.05) is 30.1 Å². The molecule has 32 heavy (non-hydrogen) atoms. The number of piperidine rings is 1. The molecule has 1 aliphatic heterocycles. The number of nitrogens with one attached hydrogen (secondary N) is 2. The molecule has 0 unspecified atom stereocenters. The van der Waals surface area contributed by atoms with Crippen LogP contribution >= 0.6 is 11.8 Å². The van der Waals surface area contributed by atoms with E-state index in [2.05, 4.69) is 45.5 Å². The van der Waals surface area contributed by atoms with Gasteiger partial charge in [-0.25, -0.2) is 13.1 Å². The Bertz CT molecular complexity index is 1030. The van der Waals surface area contributed by atoms with Crippen molar-refractivity contribution >= 4 is 33.4 Å². The Morgan fingerprint density at radius 3 is 2.53 bits per heavy atom. The number of likely N-dealkylation sites (tertiary alicyclic amines) is 1. The lowest BCUT2D eigenvalue weighted by Crippen LogP contribution is -2.38. The van der Waals surface area contributed by atoms with Gasteiger partial charge in [0.15, 0.2) is 0 Å². The van der Waals surface area contributed by atoms with Crippen molar-refractivity contribution in [1.29, 1.82) is 0 Å². The highest BCUT2D eigenvalue weighted by Gasteiger charge is 2.23. The van der Waals surface area contributed by atoms with Gasteiger partial charge in [0.1, 0.15) is 0 Å². The number of rotatable bonds is 9. The van der Waals surface area contributed by atoms with Crippen molar-refractivity contribution in [3.63, 3.8) is 0 Å². The number of benzene rings is 2. The molecule has 0 aromatic heterocycles. The minimum Gasteiger partial charge on any atom is -0.326 e. The molecule has 8 heteroatoms. The molecule has 0 aliphatic carbocycles. The van der Waals surface area contributed by atoms with Crippen LogP contribution in [0.4, 0.5) is 5.69 Å². The third-order valence-corrected chi connectivity index (χ3v) is 8.35. The maximum Gasteiger partial charge on any atom is 0.240 e. The maximum atomic E-state index is 12.9. The van der Waals surface area contributed by atoms with Crippen LogP contribution in [0.1, 0.15) is 37.3 Å². The zero-order chi connectivity index (χ0) is 23.1. The summed E-state index contributed by atoms with van der Waals surface area (Å²) in [5, 5.41) is 2.76. The first-order valence-electron chi connectivity index (χ1n) is 11.1. The second kappa shape index (κ2) is 11.3. The number of thioether (sulfide) groups is 1. The van der Waals surface area contributed by atoms with E-state index in [-0.39, 0.29) is 10.8 Å². The van der Waals surface area contributed by atoms with Crippen molar-refractivity contribution in [3.05, 3.63) is 53.6 Å². The minimum atomic E-state index is -3.59. The maximum absolute atomic E-state index is 12.9. The first-order valence-corrected chi connectivity index (χ1v) is 13.8. The summed E-state index contributed by atoms with van der Waals surface area (Å²) >= 11 is 1.78. The Kier molecular flexibility index (Phi) is 8.76. The summed E-state index contributed by atoms with van der Waals surface area (Å²) in [6.45, 7) is 6.86. The molecule has 3 rings (SSSR count). The first-order chi connectivity index (χ1) is 15.3. The van der Waals surface area contributed by atoms with Gasteiger partial charge in [-0.3, -0.25) is 9.69 Å². The fourth-order valence-corrected chi connectivity index (χ4v) is 5.96. The molecule has 1 aliphatic rings. The van der Waals surface area contributed by atoms with Gasteiger partial charge in [-0.2, -0.15) is 0 Å². The van der Waals surface area contributed by atoms with Gasteiger partial charge in [0.2, 0.25) is 15.9 Å². The van der Waals surface area contributed by atoms with E-state index in [0.29, 0.717) is 30.1 Å². The smallest absolute Gasteiger partial charge is 0.240 e. The number of sulfonamides is 1. The molecule has 2 N–H and O–H groups in total. The number of amides is 1. The Hall–Kier alpha value is -1.87. The fourth-order valence-electron chi connectivity index (χ4n) is 4.01. The van der Waals surface area contributed by atoms with Crippen LogP contribution in [0.5, 0.6) is 0 Å². The molecular weight excluding hydrogens is 442 g/mol. The molecule has 0 bridgehead atoms. The lowest BCUT2D eigenvalue weighted by atomic mass is 9.97. The number of carbonyl (C=O) groups excluding carboxylic acids is 1. The molecule has 0 spiro atoms. The summed E-state index contributed by atoms with van der Waals surface area (Å²) in [6, 6.07) is 13.4. The second-order valence-electron chi connectivity index (χ2n) is 8.27. The van der Waals surface area contributed by atoms with Gasteiger partial charge in [-0.15, -0.1) is 11.8 Å². The molecule has 1 fully saturated rings. The Morgan fingerprint density at radius 2 is 1.88 bits per heavy atom. The highest BCUT2D eigenvalue weighted by Crippen LogP contribution is 2.25. The van der Waals surface area contributed by atoms with E-state index in [1.807, 2.05) is 0 Å². The van der Waals surface area contributed by atoms with Gasteiger partial charge >= 0.3 is 0 Å². The molecule has 1 amide bonds. The third kappa shape index (κ3) is 6.57. The normalized spacial score (nSPS) is 15.6. The van der Waals surface area contributed by atoms with E-state index >= 15 is 0 Å². The molecule has 0 saturated carbocycles. The van der Waals surface area contributed by atoms with Gasteiger partial charge < -0.3 is 5.32 Å². The van der Waals surface area contributed by atoms with Crippen molar-refractivity contribution < 1.29 is 13.2 Å². The number of carbonyl (C=O) groups is 1. The van der Waals surface area contributed by atoms with Crippen LogP contribution in [0.15, 0.2) is 52.3 Å². The van der Waals surface area contributed by atoms with Crippen molar-refractivity contribution in [1.82, 2.24) is 9.62 Å². The van der Waals surface area contributed by atoms with E-state index in [1.54, 1.807) is 43.8 Å². The summed E-state index contributed by atoms with van der Waals surface area (Å²) < 4.78 is 28.5. The molecule has 1 saturated heterocycles. The first kappa shape index (κ1) is 24.8. The molecule has 2 aromatic carbocycles. The summed E-state index contributed by atoms with van der Waals surface area (Å²) in [6.07, 6.45) is 4.44. The van der Waals surface area contributed by atoms with Crippen LogP contribution in [0.3, 0.4) is 0 Å². The third-order valence-electron chi connectivity index (χ3n) is 5.92. The zero-order valence-electron chi connectivity index (χ0n) is 19.1. The largest absolute Gasteiger partial charge is 0.326 e. The SMILES string of the molecule is CCC(=O)Nc1ccc(S(=O)(=O)NCC2CCN(Cc3ccccc3SC)CC2)c(C)c1. The number of hydrogen-bond acceptors (Lipinski definition) is 5. The number of anilines is 1. The van der Waals surface area contributed by atoms with Crippen LogP contribution in [-0.2, 0) is 21.4 Å². The van der Waals surface area contributed by atoms with E-state index in [9.17, 15) is 13.2 Å². The van der Waals surface area contributed by atoms with Gasteiger partial charge in [-0.05, 0) is 80.4 Å². The molecule has 0 radical (unpaired) electrons. The van der Waals surface area contributed by atoms with Crippen LogP contribution < -0.4 is 10.0 Å². The second-order valence-corrected chi connectivity index (χ2v) is 10.8. The van der Waals surface area contributed by atoms with Crippen molar-refractivity contribution in [2.24, 2.45) is 5.92 Å². The zero-order valence-corrected chi connectivity index (χ0v) is 20.7. The van der Waals surface area contributed by atoms with Gasteiger partial charge in [-0.1, -0.05) is 25.1 Å². The van der Waals surface area contributed by atoms with Crippen LogP contribution in [0.2, 0.25) is 0 Å². The summed E-state index contributed by atoms with van der Waals surface area (Å²) in [5.41, 5.74) is 2.59. The van der Waals surface area contributed by atoms with Gasteiger partial charge in [0.25, 0.3) is 0 Å². The molecule has 2 aromatic rings. The predicted octanol–water partition coefficient (Wildman–Crippen LogP) is 4.26. The van der Waals surface area contributed by atoms with Crippen LogP contribution in [0, 0.1) is 12.8 Å². The fraction of sp³-hybridized carbons (Fsp3) is 0.458. The predicted molar refractivity (Wildman–Crippen MR) is 132 cm³/mol. The summed E-state index contributed by atoms with van der Waals surface area (Å²) in [5.74, 6) is 0.238. The molecular formula is C24H33N3O3S2. The number of hydrogen-bond donors (Lipinski definition) is 2. The standard InChI is InChI=1S/C24H33N3O3S2/c1-4-24(28)26-21-9-10-23(18(2)15-21)32(29,30)25-16-19-11-13-27(14-12-19)17-20-7-5-6-8-22(20)31-3/h5-10,15,19,25H,4,11-14,16-17H2,1-3H3,(H,26,28). The quantitative estimate of drug-likeness (QED) is 0.530. The van der Waals surface area contributed by atoms with Crippen molar-refractivity contribution in [2.45, 2.75) is 49.4 Å². The Balaban J connectivity index is 1.52. The van der Waals surface area contributed by atoms with Crippen molar-refractivity contribution in [3.8, 4) is 0 Å². The van der Waals surface area contributed by atoms with Crippen LogP contribution in [0.25, 0.3) is 0 Å². The topological polar surface area (TPSA) is 78.5 Å². The number of nitrogens with zero attached hydrogens (tertiary/aromatic N) is 1. The lowest BCUT2D eigenvalue weighted by Gasteiger charge is -2.32. The van der Waals surface area contributed by atoms with Crippen molar-refractivity contribution in [2.75, 3.05) is 31.2 Å². The highest BCUT2D eigenvalue weighted by molar-refractivity contribution is 7.98. The molecule has 174 valence electrons. The molecule has 0 atom stereocenters. The van der Waals surface area contributed by atoms with E-state index in [1.165, 1.54) is 10.5 Å². The van der Waals surface area contributed by atoms with Gasteiger partial charge in [0.05, 0.1) is 4.90 Å². The van der Waals surface area contributed by atoms with E-state index < -0.39 is 10.0 Å². The van der Waals surface area contributed by atoms with E-state index in [0.717, 1.165) is 32.5 Å².